The molecule has 0 saturated carbocycles. The predicted molar refractivity (Wildman–Crippen MR) is 123 cm³/mol. The minimum atomic E-state index is 0. The zero-order chi connectivity index (χ0) is 19.8. The monoisotopic (exact) mass is 502 g/mol. The van der Waals surface area contributed by atoms with Crippen LogP contribution in [0.2, 0.25) is 0 Å². The van der Waals surface area contributed by atoms with Gasteiger partial charge in [0.15, 0.2) is 5.96 Å². The number of aromatic nitrogens is 2. The van der Waals surface area contributed by atoms with Crippen molar-refractivity contribution in [3.63, 3.8) is 0 Å². The number of hydrogen-bond donors (Lipinski definition) is 2. The van der Waals surface area contributed by atoms with E-state index >= 15 is 0 Å². The highest BCUT2D eigenvalue weighted by Crippen LogP contribution is 2.24. The molecule has 0 bridgehead atoms. The summed E-state index contributed by atoms with van der Waals surface area (Å²) in [5.41, 5.74) is 2.18. The lowest BCUT2D eigenvalue weighted by Gasteiger charge is -2.24. The maximum atomic E-state index is 5.45. The number of benzene rings is 1. The highest BCUT2D eigenvalue weighted by atomic mass is 127. The van der Waals surface area contributed by atoms with E-state index < -0.39 is 0 Å². The summed E-state index contributed by atoms with van der Waals surface area (Å²) >= 11 is 0. The lowest BCUT2D eigenvalue weighted by molar-refractivity contribution is 0.298. The van der Waals surface area contributed by atoms with Gasteiger partial charge >= 0.3 is 0 Å². The third-order valence-corrected chi connectivity index (χ3v) is 4.36. The van der Waals surface area contributed by atoms with Crippen LogP contribution in [0.15, 0.2) is 35.6 Å². The number of nitrogens with one attached hydrogen (secondary N) is 2. The summed E-state index contributed by atoms with van der Waals surface area (Å²) < 4.78 is 12.5. The standard InChI is InChI=1S/C19H30N6O2.HI/c1-20-19(21-10-14-7-8-16(26-5)9-18(14)27-6)22-12-17(24(2)3)15-11-23-25(4)13-15;/h7-9,11,13,17H,10,12H2,1-6H3,(H2,20,21,22);1H. The number of methoxy groups -OCH3 is 2. The molecule has 8 nitrogen and oxygen atoms in total. The number of hydrogen-bond acceptors (Lipinski definition) is 5. The van der Waals surface area contributed by atoms with Gasteiger partial charge in [0.25, 0.3) is 0 Å². The van der Waals surface area contributed by atoms with Crippen molar-refractivity contribution in [2.24, 2.45) is 12.0 Å². The van der Waals surface area contributed by atoms with Gasteiger partial charge in [-0.25, -0.2) is 0 Å². The van der Waals surface area contributed by atoms with Crippen molar-refractivity contribution in [3.8, 4) is 11.5 Å². The first kappa shape index (κ1) is 24.0. The molecule has 1 unspecified atom stereocenters. The summed E-state index contributed by atoms with van der Waals surface area (Å²) in [7, 11) is 11.1. The fourth-order valence-corrected chi connectivity index (χ4v) is 2.80. The smallest absolute Gasteiger partial charge is 0.191 e. The molecule has 0 aliphatic heterocycles. The summed E-state index contributed by atoms with van der Waals surface area (Å²) in [4.78, 5) is 6.47. The van der Waals surface area contributed by atoms with Crippen LogP contribution >= 0.6 is 24.0 Å². The number of ether oxygens (including phenoxy) is 2. The first-order valence-corrected chi connectivity index (χ1v) is 8.78. The van der Waals surface area contributed by atoms with Gasteiger partial charge in [-0.2, -0.15) is 5.10 Å². The number of guanidine groups is 1. The molecule has 1 atom stereocenters. The van der Waals surface area contributed by atoms with Gasteiger partial charge in [-0.15, -0.1) is 24.0 Å². The lowest BCUT2D eigenvalue weighted by Crippen LogP contribution is -2.41. The molecule has 156 valence electrons. The normalized spacial score (nSPS) is 12.3. The lowest BCUT2D eigenvalue weighted by atomic mass is 10.1. The second-order valence-electron chi connectivity index (χ2n) is 6.41. The Hall–Kier alpha value is -2.01. The molecule has 0 aliphatic carbocycles. The van der Waals surface area contributed by atoms with Crippen molar-refractivity contribution in [2.45, 2.75) is 12.6 Å². The second kappa shape index (κ2) is 11.7. The minimum absolute atomic E-state index is 0. The highest BCUT2D eigenvalue weighted by molar-refractivity contribution is 14.0. The molecule has 9 heteroatoms. The number of halogens is 1. The fraction of sp³-hybridized carbons (Fsp3) is 0.474. The Bertz CT molecular complexity index is 763. The molecule has 1 aromatic heterocycles. The van der Waals surface area contributed by atoms with Crippen molar-refractivity contribution < 1.29 is 9.47 Å². The highest BCUT2D eigenvalue weighted by Gasteiger charge is 2.16. The maximum Gasteiger partial charge on any atom is 0.191 e. The van der Waals surface area contributed by atoms with E-state index in [0.717, 1.165) is 28.6 Å². The number of aryl methyl sites for hydroxylation is 1. The molecule has 2 rings (SSSR count). The Labute approximate surface area is 184 Å². The van der Waals surface area contributed by atoms with E-state index in [1.165, 1.54) is 0 Å². The molecular formula is C19H31IN6O2. The molecule has 0 saturated heterocycles. The van der Waals surface area contributed by atoms with Crippen LogP contribution in [0.25, 0.3) is 0 Å². The fourth-order valence-electron chi connectivity index (χ4n) is 2.80. The summed E-state index contributed by atoms with van der Waals surface area (Å²) in [5.74, 6) is 2.27. The summed E-state index contributed by atoms with van der Waals surface area (Å²) in [6, 6.07) is 5.96. The largest absolute Gasteiger partial charge is 0.497 e. The van der Waals surface area contributed by atoms with Crippen molar-refractivity contribution in [2.75, 3.05) is 41.9 Å². The second-order valence-corrected chi connectivity index (χ2v) is 6.41. The first-order valence-electron chi connectivity index (χ1n) is 8.78. The quantitative estimate of drug-likeness (QED) is 0.327. The minimum Gasteiger partial charge on any atom is -0.497 e. The van der Waals surface area contributed by atoms with Crippen LogP contribution in [0.4, 0.5) is 0 Å². The molecule has 2 N–H and O–H groups in total. The number of aliphatic imine (C=N–C) groups is 1. The van der Waals surface area contributed by atoms with Gasteiger partial charge in [-0.1, -0.05) is 0 Å². The van der Waals surface area contributed by atoms with Gasteiger partial charge in [0.1, 0.15) is 11.5 Å². The maximum absolute atomic E-state index is 5.45. The Morgan fingerprint density at radius 1 is 1.25 bits per heavy atom. The zero-order valence-corrected chi connectivity index (χ0v) is 19.7. The van der Waals surface area contributed by atoms with Gasteiger partial charge < -0.3 is 25.0 Å². The molecule has 0 aliphatic rings. The number of likely N-dealkylation sites (N-methyl/N-ethyl adjacent to an activating group) is 1. The van der Waals surface area contributed by atoms with Crippen molar-refractivity contribution in [1.29, 1.82) is 0 Å². The van der Waals surface area contributed by atoms with Crippen LogP contribution < -0.4 is 20.1 Å². The molecule has 0 amide bonds. The van der Waals surface area contributed by atoms with Gasteiger partial charge in [-0.05, 0) is 26.2 Å². The first-order chi connectivity index (χ1) is 13.0. The van der Waals surface area contributed by atoms with E-state index in [9.17, 15) is 0 Å². The SMILES string of the molecule is CN=C(NCc1ccc(OC)cc1OC)NCC(c1cnn(C)c1)N(C)C.I. The zero-order valence-electron chi connectivity index (χ0n) is 17.4. The van der Waals surface area contributed by atoms with Crippen LogP contribution in [0.1, 0.15) is 17.2 Å². The van der Waals surface area contributed by atoms with Crippen LogP contribution in [-0.2, 0) is 13.6 Å². The Kier molecular flexibility index (Phi) is 10.1. The van der Waals surface area contributed by atoms with Gasteiger partial charge in [-0.3, -0.25) is 9.67 Å². The average Bonchev–Trinajstić information content (AvgIpc) is 3.09. The predicted octanol–water partition coefficient (Wildman–Crippen LogP) is 2.02. The van der Waals surface area contributed by atoms with Crippen LogP contribution in [0.5, 0.6) is 11.5 Å². The third kappa shape index (κ3) is 6.55. The van der Waals surface area contributed by atoms with E-state index in [1.807, 2.05) is 42.3 Å². The summed E-state index contributed by atoms with van der Waals surface area (Å²) in [6.45, 7) is 1.30. The molecule has 2 aromatic rings. The molecule has 0 radical (unpaired) electrons. The van der Waals surface area contributed by atoms with Crippen molar-refractivity contribution >= 4 is 29.9 Å². The third-order valence-electron chi connectivity index (χ3n) is 4.36. The molecule has 0 spiro atoms. The Morgan fingerprint density at radius 2 is 2.00 bits per heavy atom. The van der Waals surface area contributed by atoms with Crippen molar-refractivity contribution in [3.05, 3.63) is 41.7 Å². The van der Waals surface area contributed by atoms with E-state index in [2.05, 4.69) is 39.7 Å². The molecular weight excluding hydrogens is 471 g/mol. The van der Waals surface area contributed by atoms with E-state index in [0.29, 0.717) is 13.1 Å². The number of nitrogens with zero attached hydrogens (tertiary/aromatic N) is 4. The van der Waals surface area contributed by atoms with E-state index in [4.69, 9.17) is 9.47 Å². The molecule has 1 aromatic carbocycles. The van der Waals surface area contributed by atoms with E-state index in [-0.39, 0.29) is 30.0 Å². The topological polar surface area (TPSA) is 75.9 Å². The van der Waals surface area contributed by atoms with Gasteiger partial charge in [0.2, 0.25) is 0 Å². The summed E-state index contributed by atoms with van der Waals surface area (Å²) in [5, 5.41) is 11.0. The molecule has 1 heterocycles. The Morgan fingerprint density at radius 3 is 2.54 bits per heavy atom. The summed E-state index contributed by atoms with van der Waals surface area (Å²) in [6.07, 6.45) is 3.93. The van der Waals surface area contributed by atoms with E-state index in [1.54, 1.807) is 21.3 Å². The van der Waals surface area contributed by atoms with Gasteiger partial charge in [0.05, 0.1) is 26.5 Å². The Balaban J connectivity index is 0.00000392. The average molecular weight is 502 g/mol. The number of rotatable bonds is 8. The van der Waals surface area contributed by atoms with Crippen LogP contribution in [0.3, 0.4) is 0 Å². The van der Waals surface area contributed by atoms with Crippen LogP contribution in [-0.4, -0.2) is 62.5 Å². The van der Waals surface area contributed by atoms with Crippen LogP contribution in [0, 0.1) is 0 Å². The van der Waals surface area contributed by atoms with Gasteiger partial charge in [0, 0.05) is 50.6 Å². The molecule has 0 fully saturated rings. The molecule has 28 heavy (non-hydrogen) atoms. The van der Waals surface area contributed by atoms with Crippen molar-refractivity contribution in [1.82, 2.24) is 25.3 Å².